The van der Waals surface area contributed by atoms with Gasteiger partial charge in [0, 0.05) is 0 Å². The van der Waals surface area contributed by atoms with Crippen molar-refractivity contribution in [3.8, 4) is 0 Å². The van der Waals surface area contributed by atoms with E-state index < -0.39 is 10.4 Å². The van der Waals surface area contributed by atoms with Crippen LogP contribution in [0.1, 0.15) is 99.7 Å². The van der Waals surface area contributed by atoms with E-state index in [1.807, 2.05) is 0 Å². The molecule has 0 amide bonds. The molecule has 132 valence electrons. The third-order valence-electron chi connectivity index (χ3n) is 3.73. The van der Waals surface area contributed by atoms with Crippen LogP contribution in [0.15, 0.2) is 0 Å². The Hall–Kier alpha value is 2.51. The number of hydrogen-bond acceptors (Lipinski definition) is 3. The summed E-state index contributed by atoms with van der Waals surface area (Å²) in [5.74, 6) is 0. The molecule has 0 aromatic rings. The van der Waals surface area contributed by atoms with E-state index in [1.54, 1.807) is 0 Å². The second kappa shape index (κ2) is 22.5. The van der Waals surface area contributed by atoms with E-state index in [9.17, 15) is 8.42 Å². The van der Waals surface area contributed by atoms with Gasteiger partial charge >= 0.3 is 91.3 Å². The summed E-state index contributed by atoms with van der Waals surface area (Å²) in [7, 11) is -4.24. The first-order chi connectivity index (χ1) is 10.1. The Morgan fingerprint density at radius 2 is 1.04 bits per heavy atom. The average Bonchev–Trinajstić information content (AvgIpc) is 2.42. The fourth-order valence-corrected chi connectivity index (χ4v) is 2.79. The van der Waals surface area contributed by atoms with Gasteiger partial charge in [-0.25, -0.2) is 4.18 Å². The summed E-state index contributed by atoms with van der Waals surface area (Å²) < 4.78 is 33.2. The van der Waals surface area contributed by atoms with E-state index in [0.29, 0.717) is 6.42 Å². The zero-order chi connectivity index (χ0) is 15.8. The maximum atomic E-state index is 10.3. The molecule has 0 aliphatic carbocycles. The van der Waals surface area contributed by atoms with Crippen LogP contribution >= 0.6 is 0 Å². The summed E-state index contributed by atoms with van der Waals surface area (Å²) in [5, 5.41) is 0. The van der Waals surface area contributed by atoms with Gasteiger partial charge in [0.2, 0.25) is 0 Å². The van der Waals surface area contributed by atoms with Gasteiger partial charge in [-0.2, -0.15) is 8.42 Å². The molecule has 0 unspecified atom stereocenters. The monoisotopic (exact) mass is 386 g/mol. The maximum Gasteiger partial charge on any atom is 1.00 e. The van der Waals surface area contributed by atoms with Crippen molar-refractivity contribution in [2.45, 2.75) is 96.8 Å². The van der Waals surface area contributed by atoms with Gasteiger partial charge in [0.15, 0.2) is 0 Å². The minimum absolute atomic E-state index is 0. The third-order valence-corrected chi connectivity index (χ3v) is 4.19. The van der Waals surface area contributed by atoms with Crippen LogP contribution in [0.5, 0.6) is 0 Å². The standard InChI is InChI=1S/C16H34O4S.K.Na.2H/c1-2-3-4-5-6-7-8-9-10-11-12-13-14-15-16-20-21(17,18)19;;;;/h2-16H2,1H3,(H,17,18,19);;;;/q;2*+1;2*-1. The Morgan fingerprint density at radius 3 is 1.35 bits per heavy atom. The number of hydrogen-bond donors (Lipinski definition) is 1. The van der Waals surface area contributed by atoms with Crippen molar-refractivity contribution < 1.29 is 101 Å². The maximum absolute atomic E-state index is 10.3. The van der Waals surface area contributed by atoms with Gasteiger partial charge in [-0.3, -0.25) is 4.55 Å². The minimum Gasteiger partial charge on any atom is -1.00 e. The first-order valence-corrected chi connectivity index (χ1v) is 10.0. The molecule has 7 heteroatoms. The third kappa shape index (κ3) is 29.5. The molecule has 0 atom stereocenters. The minimum atomic E-state index is -4.24. The molecule has 0 aromatic carbocycles. The molecule has 0 aliphatic rings. The van der Waals surface area contributed by atoms with E-state index in [4.69, 9.17) is 4.55 Å². The van der Waals surface area contributed by atoms with Crippen molar-refractivity contribution in [2.75, 3.05) is 6.61 Å². The van der Waals surface area contributed by atoms with Gasteiger partial charge in [0.1, 0.15) is 0 Å². The molecule has 0 bridgehead atoms. The molecule has 0 saturated heterocycles. The van der Waals surface area contributed by atoms with Gasteiger partial charge in [-0.15, -0.1) is 0 Å². The Kier molecular flexibility index (Phi) is 29.6. The van der Waals surface area contributed by atoms with E-state index in [2.05, 4.69) is 11.1 Å². The van der Waals surface area contributed by atoms with E-state index in [1.165, 1.54) is 70.6 Å². The van der Waals surface area contributed by atoms with Crippen LogP contribution in [0.25, 0.3) is 0 Å². The van der Waals surface area contributed by atoms with Crippen LogP contribution < -0.4 is 80.9 Å². The smallest absolute Gasteiger partial charge is 1.00 e. The quantitative estimate of drug-likeness (QED) is 0.221. The molecular weight excluding hydrogens is 350 g/mol. The second-order valence-corrected chi connectivity index (χ2v) is 6.94. The van der Waals surface area contributed by atoms with Crippen LogP contribution in [-0.2, 0) is 14.6 Å². The topological polar surface area (TPSA) is 63.6 Å². The van der Waals surface area contributed by atoms with E-state index in [-0.39, 0.29) is 90.4 Å². The molecule has 0 aromatic heterocycles. The van der Waals surface area contributed by atoms with Crippen LogP contribution in [0.3, 0.4) is 0 Å². The van der Waals surface area contributed by atoms with Crippen molar-refractivity contribution in [1.29, 1.82) is 0 Å². The second-order valence-electron chi connectivity index (χ2n) is 5.85. The molecule has 0 aliphatic heterocycles. The molecule has 0 heterocycles. The summed E-state index contributed by atoms with van der Waals surface area (Å²) in [4.78, 5) is 0. The molecule has 1 N–H and O–H groups in total. The summed E-state index contributed by atoms with van der Waals surface area (Å²) in [6.45, 7) is 2.35. The molecule has 0 radical (unpaired) electrons. The first-order valence-electron chi connectivity index (χ1n) is 8.68. The summed E-state index contributed by atoms with van der Waals surface area (Å²) in [5.41, 5.74) is 0. The van der Waals surface area contributed by atoms with Crippen molar-refractivity contribution >= 4 is 10.4 Å². The largest absolute Gasteiger partial charge is 1.00 e. The number of rotatable bonds is 16. The molecule has 23 heavy (non-hydrogen) atoms. The van der Waals surface area contributed by atoms with Crippen LogP contribution in [0.2, 0.25) is 0 Å². The van der Waals surface area contributed by atoms with Crippen molar-refractivity contribution in [3.63, 3.8) is 0 Å². The molecule has 0 rings (SSSR count). The van der Waals surface area contributed by atoms with Gasteiger partial charge in [0.25, 0.3) is 0 Å². The molecule has 0 saturated carbocycles. The van der Waals surface area contributed by atoms with Crippen LogP contribution in [0.4, 0.5) is 0 Å². The Labute approximate surface area is 211 Å². The normalized spacial score (nSPS) is 10.9. The van der Waals surface area contributed by atoms with Crippen molar-refractivity contribution in [1.82, 2.24) is 0 Å². The fraction of sp³-hybridized carbons (Fsp3) is 1.00. The van der Waals surface area contributed by atoms with Gasteiger partial charge < -0.3 is 2.85 Å². The Morgan fingerprint density at radius 1 is 0.739 bits per heavy atom. The van der Waals surface area contributed by atoms with Gasteiger partial charge in [0.05, 0.1) is 6.61 Å². The van der Waals surface area contributed by atoms with Crippen LogP contribution in [0, 0.1) is 0 Å². The molecule has 0 fully saturated rings. The predicted octanol–water partition coefficient (Wildman–Crippen LogP) is -0.480. The first kappa shape index (κ1) is 30.2. The number of unbranched alkanes of at least 4 members (excludes halogenated alkanes) is 13. The summed E-state index contributed by atoms with van der Waals surface area (Å²) >= 11 is 0. The zero-order valence-electron chi connectivity index (χ0n) is 17.7. The Balaban J connectivity index is -0.000000333. The Bertz CT molecular complexity index is 323. The van der Waals surface area contributed by atoms with Crippen LogP contribution in [-0.4, -0.2) is 19.6 Å². The predicted molar refractivity (Wildman–Crippen MR) is 90.0 cm³/mol. The fourth-order valence-electron chi connectivity index (χ4n) is 2.46. The average molecular weight is 387 g/mol. The molecular formula is C16H36KNaO4S. The van der Waals surface area contributed by atoms with E-state index in [0.717, 1.165) is 12.8 Å². The SMILES string of the molecule is CCCCCCCCCCCCCCCCOS(=O)(=O)O.[H-].[H-].[K+].[Na+]. The van der Waals surface area contributed by atoms with E-state index >= 15 is 0 Å². The zero-order valence-corrected chi connectivity index (χ0v) is 21.6. The summed E-state index contributed by atoms with van der Waals surface area (Å²) in [6.07, 6.45) is 17.6. The summed E-state index contributed by atoms with van der Waals surface area (Å²) in [6, 6.07) is 0. The van der Waals surface area contributed by atoms with Gasteiger partial charge in [-0.1, -0.05) is 90.4 Å². The molecule has 4 nitrogen and oxygen atoms in total. The molecule has 0 spiro atoms. The van der Waals surface area contributed by atoms with Crippen molar-refractivity contribution in [3.05, 3.63) is 0 Å². The van der Waals surface area contributed by atoms with Crippen molar-refractivity contribution in [2.24, 2.45) is 0 Å². The van der Waals surface area contributed by atoms with Gasteiger partial charge in [-0.05, 0) is 6.42 Å².